The van der Waals surface area contributed by atoms with Gasteiger partial charge in [0.2, 0.25) is 0 Å². The largest absolute Gasteiger partial charge is 0.466 e. The predicted molar refractivity (Wildman–Crippen MR) is 84.2 cm³/mol. The molecule has 1 saturated carbocycles. The van der Waals surface area contributed by atoms with Gasteiger partial charge < -0.3 is 9.84 Å². The van der Waals surface area contributed by atoms with Crippen LogP contribution in [0, 0.1) is 5.92 Å². The molecule has 0 atom stereocenters. The number of hydrogen-bond acceptors (Lipinski definition) is 4. The molecule has 2 aromatic rings. The average molecular weight is 299 g/mol. The summed E-state index contributed by atoms with van der Waals surface area (Å²) in [6, 6.07) is 9.89. The normalized spacial score (nSPS) is 25.1. The SMILES string of the molecule is CCOC(=O)C1CCC(O)(c2cnc3ccccc3c2)CC1. The summed E-state index contributed by atoms with van der Waals surface area (Å²) < 4.78 is 5.08. The van der Waals surface area contributed by atoms with E-state index in [0.29, 0.717) is 32.3 Å². The van der Waals surface area contributed by atoms with E-state index in [2.05, 4.69) is 4.98 Å². The molecule has 0 aliphatic heterocycles. The first-order valence-corrected chi connectivity index (χ1v) is 7.87. The minimum atomic E-state index is -0.889. The second kappa shape index (κ2) is 6.05. The van der Waals surface area contributed by atoms with Crippen molar-refractivity contribution in [3.8, 4) is 0 Å². The van der Waals surface area contributed by atoms with Gasteiger partial charge in [0, 0.05) is 17.1 Å². The summed E-state index contributed by atoms with van der Waals surface area (Å²) in [7, 11) is 0. The number of carbonyl (C=O) groups is 1. The van der Waals surface area contributed by atoms with Crippen molar-refractivity contribution >= 4 is 16.9 Å². The number of hydrogen-bond donors (Lipinski definition) is 1. The Balaban J connectivity index is 1.77. The molecule has 1 aliphatic rings. The predicted octanol–water partition coefficient (Wildman–Crippen LogP) is 3.18. The zero-order chi connectivity index (χ0) is 15.6. The molecule has 22 heavy (non-hydrogen) atoms. The Morgan fingerprint density at radius 1 is 1.36 bits per heavy atom. The number of rotatable bonds is 3. The number of ether oxygens (including phenoxy) is 1. The highest BCUT2D eigenvalue weighted by atomic mass is 16.5. The van der Waals surface area contributed by atoms with Crippen molar-refractivity contribution in [1.29, 1.82) is 0 Å². The first-order chi connectivity index (χ1) is 10.6. The fraction of sp³-hybridized carbons (Fsp3) is 0.444. The summed E-state index contributed by atoms with van der Waals surface area (Å²) in [6.07, 6.45) is 4.20. The van der Waals surface area contributed by atoms with Crippen LogP contribution in [-0.2, 0) is 15.1 Å². The molecule has 1 aromatic carbocycles. The molecule has 0 bridgehead atoms. The summed E-state index contributed by atoms with van der Waals surface area (Å²) in [5, 5.41) is 12.0. The van der Waals surface area contributed by atoms with Gasteiger partial charge in [-0.1, -0.05) is 18.2 Å². The average Bonchev–Trinajstić information content (AvgIpc) is 2.55. The number of fused-ring (bicyclic) bond motifs is 1. The summed E-state index contributed by atoms with van der Waals surface area (Å²) in [6.45, 7) is 2.23. The zero-order valence-electron chi connectivity index (χ0n) is 12.8. The molecule has 0 saturated heterocycles. The number of esters is 1. The third-order valence-corrected chi connectivity index (χ3v) is 4.56. The van der Waals surface area contributed by atoms with Gasteiger partial charge in [-0.05, 0) is 44.7 Å². The highest BCUT2D eigenvalue weighted by Gasteiger charge is 2.37. The molecule has 1 aliphatic carbocycles. The molecule has 0 amide bonds. The molecule has 4 nitrogen and oxygen atoms in total. The molecule has 3 rings (SSSR count). The van der Waals surface area contributed by atoms with Crippen molar-refractivity contribution in [2.24, 2.45) is 5.92 Å². The second-order valence-corrected chi connectivity index (χ2v) is 5.97. The van der Waals surface area contributed by atoms with Crippen molar-refractivity contribution in [3.63, 3.8) is 0 Å². The standard InChI is InChI=1S/C18H21NO3/c1-2-22-17(20)13-7-9-18(21,10-8-13)15-11-14-5-3-4-6-16(14)19-12-15/h3-6,11-13,21H,2,7-10H2,1H3. The third-order valence-electron chi connectivity index (χ3n) is 4.56. The van der Waals surface area contributed by atoms with E-state index in [9.17, 15) is 9.90 Å². The Bertz CT molecular complexity index is 675. The van der Waals surface area contributed by atoms with Crippen LogP contribution in [-0.4, -0.2) is 22.7 Å². The van der Waals surface area contributed by atoms with E-state index < -0.39 is 5.60 Å². The van der Waals surface area contributed by atoms with Crippen LogP contribution in [0.25, 0.3) is 10.9 Å². The van der Waals surface area contributed by atoms with Crippen LogP contribution in [0.3, 0.4) is 0 Å². The Morgan fingerprint density at radius 2 is 2.09 bits per heavy atom. The van der Waals surface area contributed by atoms with Gasteiger partial charge in [0.25, 0.3) is 0 Å². The van der Waals surface area contributed by atoms with Crippen LogP contribution in [0.15, 0.2) is 36.5 Å². The van der Waals surface area contributed by atoms with Gasteiger partial charge in [-0.15, -0.1) is 0 Å². The van der Waals surface area contributed by atoms with Crippen molar-refractivity contribution in [2.45, 2.75) is 38.2 Å². The van der Waals surface area contributed by atoms with Gasteiger partial charge in [-0.3, -0.25) is 9.78 Å². The van der Waals surface area contributed by atoms with E-state index in [0.717, 1.165) is 16.5 Å². The van der Waals surface area contributed by atoms with E-state index in [1.165, 1.54) is 0 Å². The Kier molecular flexibility index (Phi) is 4.12. The quantitative estimate of drug-likeness (QED) is 0.884. The molecule has 1 fully saturated rings. The molecular weight excluding hydrogens is 278 g/mol. The van der Waals surface area contributed by atoms with Gasteiger partial charge in [0.1, 0.15) is 0 Å². The molecule has 1 N–H and O–H groups in total. The minimum Gasteiger partial charge on any atom is -0.466 e. The fourth-order valence-electron chi connectivity index (χ4n) is 3.21. The number of aromatic nitrogens is 1. The lowest BCUT2D eigenvalue weighted by Gasteiger charge is -2.35. The number of benzene rings is 1. The molecule has 1 aromatic heterocycles. The van der Waals surface area contributed by atoms with Crippen molar-refractivity contribution in [1.82, 2.24) is 4.98 Å². The van der Waals surface area contributed by atoms with E-state index >= 15 is 0 Å². The topological polar surface area (TPSA) is 59.4 Å². The maximum atomic E-state index is 11.8. The van der Waals surface area contributed by atoms with Crippen LogP contribution in [0.4, 0.5) is 0 Å². The smallest absolute Gasteiger partial charge is 0.308 e. The summed E-state index contributed by atoms with van der Waals surface area (Å²) in [4.78, 5) is 16.2. The lowest BCUT2D eigenvalue weighted by molar-refractivity contribution is -0.151. The highest BCUT2D eigenvalue weighted by molar-refractivity contribution is 5.79. The molecule has 4 heteroatoms. The Morgan fingerprint density at radius 3 is 2.82 bits per heavy atom. The zero-order valence-corrected chi connectivity index (χ0v) is 12.8. The van der Waals surface area contributed by atoms with Gasteiger partial charge in [-0.25, -0.2) is 0 Å². The van der Waals surface area contributed by atoms with Gasteiger partial charge in [-0.2, -0.15) is 0 Å². The minimum absolute atomic E-state index is 0.0892. The van der Waals surface area contributed by atoms with E-state index in [4.69, 9.17) is 4.74 Å². The Hall–Kier alpha value is -1.94. The highest BCUT2D eigenvalue weighted by Crippen LogP contribution is 2.40. The summed E-state index contributed by atoms with van der Waals surface area (Å²) in [5.74, 6) is -0.227. The molecule has 116 valence electrons. The fourth-order valence-corrected chi connectivity index (χ4v) is 3.21. The number of pyridine rings is 1. The number of aliphatic hydroxyl groups is 1. The van der Waals surface area contributed by atoms with Crippen LogP contribution in [0.2, 0.25) is 0 Å². The molecule has 0 spiro atoms. The summed E-state index contributed by atoms with van der Waals surface area (Å²) in [5.41, 5.74) is 0.878. The van der Waals surface area contributed by atoms with Crippen molar-refractivity contribution in [3.05, 3.63) is 42.1 Å². The van der Waals surface area contributed by atoms with Crippen LogP contribution in [0.5, 0.6) is 0 Å². The van der Waals surface area contributed by atoms with Gasteiger partial charge in [0.15, 0.2) is 0 Å². The first kappa shape index (κ1) is 15.0. The first-order valence-electron chi connectivity index (χ1n) is 7.87. The summed E-state index contributed by atoms with van der Waals surface area (Å²) >= 11 is 0. The molecule has 1 heterocycles. The lowest BCUT2D eigenvalue weighted by Crippen LogP contribution is -2.34. The molecule has 0 unspecified atom stereocenters. The number of para-hydroxylation sites is 1. The third kappa shape index (κ3) is 2.83. The van der Waals surface area contributed by atoms with Crippen LogP contribution < -0.4 is 0 Å². The van der Waals surface area contributed by atoms with E-state index in [1.54, 1.807) is 6.20 Å². The lowest BCUT2D eigenvalue weighted by atomic mass is 9.75. The van der Waals surface area contributed by atoms with E-state index in [1.807, 2.05) is 37.3 Å². The van der Waals surface area contributed by atoms with Gasteiger partial charge in [0.05, 0.1) is 23.6 Å². The Labute approximate surface area is 130 Å². The van der Waals surface area contributed by atoms with Crippen LogP contribution in [0.1, 0.15) is 38.2 Å². The van der Waals surface area contributed by atoms with Crippen molar-refractivity contribution in [2.75, 3.05) is 6.61 Å². The maximum Gasteiger partial charge on any atom is 0.308 e. The maximum absolute atomic E-state index is 11.8. The monoisotopic (exact) mass is 299 g/mol. The number of carbonyl (C=O) groups excluding carboxylic acids is 1. The number of nitrogens with zero attached hydrogens (tertiary/aromatic N) is 1. The second-order valence-electron chi connectivity index (χ2n) is 5.97. The van der Waals surface area contributed by atoms with Crippen molar-refractivity contribution < 1.29 is 14.6 Å². The van der Waals surface area contributed by atoms with E-state index in [-0.39, 0.29) is 11.9 Å². The van der Waals surface area contributed by atoms with Gasteiger partial charge >= 0.3 is 5.97 Å². The molecular formula is C18H21NO3. The molecule has 0 radical (unpaired) electrons. The van der Waals surface area contributed by atoms with Crippen LogP contribution >= 0.6 is 0 Å².